The van der Waals surface area contributed by atoms with Crippen LogP contribution in [0.2, 0.25) is 6.04 Å². The average Bonchev–Trinajstić information content (AvgIpc) is 2.20. The van der Waals surface area contributed by atoms with Gasteiger partial charge >= 0.3 is 14.8 Å². The van der Waals surface area contributed by atoms with Crippen LogP contribution in [0, 0.1) is 0 Å². The van der Waals surface area contributed by atoms with Crippen LogP contribution in [0.1, 0.15) is 40.0 Å². The van der Waals surface area contributed by atoms with Crippen LogP contribution in [0.15, 0.2) is 0 Å². The standard InChI is InChI=1S/C11H24O5Si/c1-11(2,3)16-17(14-4,15-5)9-7-6-8-10(12)13/h6-9H2,1-5H3,(H,12,13). The smallest absolute Gasteiger partial charge is 0.481 e. The van der Waals surface area contributed by atoms with E-state index in [1.807, 2.05) is 20.8 Å². The Labute approximate surface area is 104 Å². The minimum absolute atomic E-state index is 0.174. The Kier molecular flexibility index (Phi) is 6.92. The van der Waals surface area contributed by atoms with Gasteiger partial charge in [0.15, 0.2) is 0 Å². The summed E-state index contributed by atoms with van der Waals surface area (Å²) >= 11 is 0. The third-order valence-corrected chi connectivity index (χ3v) is 5.34. The number of hydrogen-bond acceptors (Lipinski definition) is 4. The van der Waals surface area contributed by atoms with Crippen LogP contribution in [0.3, 0.4) is 0 Å². The van der Waals surface area contributed by atoms with Crippen LogP contribution >= 0.6 is 0 Å². The van der Waals surface area contributed by atoms with Crippen molar-refractivity contribution in [3.63, 3.8) is 0 Å². The zero-order valence-electron chi connectivity index (χ0n) is 11.4. The summed E-state index contributed by atoms with van der Waals surface area (Å²) in [6.07, 6.45) is 1.52. The Morgan fingerprint density at radius 2 is 1.71 bits per heavy atom. The molecule has 0 unspecified atom stereocenters. The van der Waals surface area contributed by atoms with Gasteiger partial charge in [0, 0.05) is 26.7 Å². The lowest BCUT2D eigenvalue weighted by atomic mass is 10.2. The number of hydrogen-bond donors (Lipinski definition) is 1. The molecular weight excluding hydrogens is 240 g/mol. The predicted octanol–water partition coefficient (Wildman–Crippen LogP) is 2.29. The summed E-state index contributed by atoms with van der Waals surface area (Å²) in [4.78, 5) is 10.4. The highest BCUT2D eigenvalue weighted by atomic mass is 28.4. The molecule has 0 aromatic heterocycles. The summed E-state index contributed by atoms with van der Waals surface area (Å²) in [7, 11) is 0.520. The minimum Gasteiger partial charge on any atom is -0.481 e. The maximum Gasteiger partial charge on any atom is 0.500 e. The molecule has 0 saturated heterocycles. The molecule has 0 rings (SSSR count). The first kappa shape index (κ1) is 16.6. The zero-order chi connectivity index (χ0) is 13.5. The molecule has 102 valence electrons. The Hall–Kier alpha value is -0.433. The molecule has 0 aliphatic carbocycles. The third-order valence-electron chi connectivity index (χ3n) is 2.21. The molecule has 0 amide bonds. The molecule has 0 fully saturated rings. The van der Waals surface area contributed by atoms with Crippen LogP contribution in [0.4, 0.5) is 0 Å². The van der Waals surface area contributed by atoms with E-state index in [1.165, 1.54) is 0 Å². The first-order valence-electron chi connectivity index (χ1n) is 5.77. The molecule has 0 aromatic carbocycles. The van der Waals surface area contributed by atoms with Crippen LogP contribution < -0.4 is 0 Å². The van der Waals surface area contributed by atoms with Crippen molar-refractivity contribution in [2.45, 2.75) is 51.7 Å². The fourth-order valence-electron chi connectivity index (χ4n) is 1.51. The molecule has 5 nitrogen and oxygen atoms in total. The first-order chi connectivity index (χ1) is 7.74. The Morgan fingerprint density at radius 3 is 2.06 bits per heavy atom. The van der Waals surface area contributed by atoms with Gasteiger partial charge in [0.05, 0.1) is 5.60 Å². The van der Waals surface area contributed by atoms with Crippen molar-refractivity contribution in [1.82, 2.24) is 0 Å². The van der Waals surface area contributed by atoms with Gasteiger partial charge in [-0.05, 0) is 33.6 Å². The monoisotopic (exact) mass is 264 g/mol. The highest BCUT2D eigenvalue weighted by Crippen LogP contribution is 2.24. The van der Waals surface area contributed by atoms with Crippen molar-refractivity contribution >= 4 is 14.8 Å². The molecular formula is C11H24O5Si. The molecule has 0 spiro atoms. The van der Waals surface area contributed by atoms with E-state index in [2.05, 4.69) is 0 Å². The molecule has 1 N–H and O–H groups in total. The maximum atomic E-state index is 10.4. The summed E-state index contributed by atoms with van der Waals surface area (Å²) in [5.74, 6) is -0.774. The van der Waals surface area contributed by atoms with Crippen molar-refractivity contribution in [2.24, 2.45) is 0 Å². The van der Waals surface area contributed by atoms with E-state index in [9.17, 15) is 4.79 Å². The second-order valence-corrected chi connectivity index (χ2v) is 7.79. The number of carboxylic acid groups (broad SMARTS) is 1. The number of unbranched alkanes of at least 4 members (excludes halogenated alkanes) is 1. The van der Waals surface area contributed by atoms with Crippen LogP contribution in [0.25, 0.3) is 0 Å². The van der Waals surface area contributed by atoms with Gasteiger partial charge in [-0.3, -0.25) is 4.79 Å². The quantitative estimate of drug-likeness (QED) is 0.538. The highest BCUT2D eigenvalue weighted by Gasteiger charge is 2.42. The van der Waals surface area contributed by atoms with E-state index >= 15 is 0 Å². The van der Waals surface area contributed by atoms with Crippen LogP contribution in [-0.4, -0.2) is 39.7 Å². The van der Waals surface area contributed by atoms with E-state index in [4.69, 9.17) is 18.4 Å². The molecule has 0 saturated carbocycles. The Balaban J connectivity index is 4.26. The maximum absolute atomic E-state index is 10.4. The molecule has 0 aromatic rings. The van der Waals surface area contributed by atoms with Crippen LogP contribution in [0.5, 0.6) is 0 Å². The molecule has 0 aliphatic rings. The summed E-state index contributed by atoms with van der Waals surface area (Å²) in [5.41, 5.74) is -0.328. The van der Waals surface area contributed by atoms with Gasteiger partial charge in [-0.2, -0.15) is 0 Å². The average molecular weight is 264 g/mol. The van der Waals surface area contributed by atoms with Crippen LogP contribution in [-0.2, 0) is 18.1 Å². The predicted molar refractivity (Wildman–Crippen MR) is 66.9 cm³/mol. The number of carboxylic acids is 1. The molecule has 6 heteroatoms. The van der Waals surface area contributed by atoms with Crippen molar-refractivity contribution in [1.29, 1.82) is 0 Å². The summed E-state index contributed by atoms with van der Waals surface area (Å²) < 4.78 is 16.7. The number of carbonyl (C=O) groups is 1. The van der Waals surface area contributed by atoms with Crippen molar-refractivity contribution < 1.29 is 23.2 Å². The van der Waals surface area contributed by atoms with E-state index in [0.717, 1.165) is 6.42 Å². The minimum atomic E-state index is -2.64. The molecule has 0 heterocycles. The Morgan fingerprint density at radius 1 is 1.18 bits per heavy atom. The highest BCUT2D eigenvalue weighted by molar-refractivity contribution is 6.60. The lowest BCUT2D eigenvalue weighted by molar-refractivity contribution is -0.137. The normalized spacial score (nSPS) is 12.8. The largest absolute Gasteiger partial charge is 0.500 e. The SMILES string of the molecule is CO[Si](CCCCC(=O)O)(OC)OC(C)(C)C. The van der Waals surface area contributed by atoms with E-state index in [1.54, 1.807) is 14.2 Å². The summed E-state index contributed by atoms with van der Waals surface area (Å²) in [6.45, 7) is 5.85. The first-order valence-corrected chi connectivity index (χ1v) is 7.70. The lowest BCUT2D eigenvalue weighted by Gasteiger charge is -2.33. The van der Waals surface area contributed by atoms with Gasteiger partial charge in [0.25, 0.3) is 0 Å². The van der Waals surface area contributed by atoms with Gasteiger partial charge in [0.2, 0.25) is 0 Å². The van der Waals surface area contributed by atoms with Gasteiger partial charge in [-0.25, -0.2) is 0 Å². The van der Waals surface area contributed by atoms with Crippen molar-refractivity contribution in [2.75, 3.05) is 14.2 Å². The fraction of sp³-hybridized carbons (Fsp3) is 0.909. The van der Waals surface area contributed by atoms with E-state index in [-0.39, 0.29) is 12.0 Å². The molecule has 0 bridgehead atoms. The lowest BCUT2D eigenvalue weighted by Crippen LogP contribution is -2.48. The topological polar surface area (TPSA) is 65.0 Å². The number of rotatable bonds is 8. The van der Waals surface area contributed by atoms with E-state index in [0.29, 0.717) is 12.5 Å². The number of aliphatic carboxylic acids is 1. The fourth-order valence-corrected chi connectivity index (χ4v) is 3.97. The van der Waals surface area contributed by atoms with E-state index < -0.39 is 14.8 Å². The third kappa shape index (κ3) is 7.48. The van der Waals surface area contributed by atoms with Gasteiger partial charge < -0.3 is 18.4 Å². The summed E-state index contributed by atoms with van der Waals surface area (Å²) in [5, 5.41) is 8.56. The second-order valence-electron chi connectivity index (χ2n) is 4.91. The van der Waals surface area contributed by atoms with Crippen molar-refractivity contribution in [3.8, 4) is 0 Å². The molecule has 0 aliphatic heterocycles. The van der Waals surface area contributed by atoms with Crippen molar-refractivity contribution in [3.05, 3.63) is 0 Å². The molecule has 0 radical (unpaired) electrons. The Bertz CT molecular complexity index is 233. The van der Waals surface area contributed by atoms with Gasteiger partial charge in [0.1, 0.15) is 0 Å². The molecule has 0 atom stereocenters. The summed E-state index contributed by atoms with van der Waals surface area (Å²) in [6, 6.07) is 0.643. The zero-order valence-corrected chi connectivity index (χ0v) is 12.4. The van der Waals surface area contributed by atoms with Gasteiger partial charge in [-0.1, -0.05) is 0 Å². The van der Waals surface area contributed by atoms with Gasteiger partial charge in [-0.15, -0.1) is 0 Å². The molecule has 17 heavy (non-hydrogen) atoms. The second kappa shape index (κ2) is 7.10.